The van der Waals surface area contributed by atoms with Crippen molar-refractivity contribution in [2.24, 2.45) is 0 Å². The zero-order valence-electron chi connectivity index (χ0n) is 31.7. The Bertz CT molecular complexity index is 2130. The first-order valence-corrected chi connectivity index (χ1v) is 19.5. The van der Waals surface area contributed by atoms with Crippen LogP contribution in [0.1, 0.15) is 86.1 Å². The Morgan fingerprint density at radius 3 is 1.52 bits per heavy atom. The first-order valence-electron chi connectivity index (χ1n) is 17.7. The number of hydrogen-bond donors (Lipinski definition) is 0. The smallest absolute Gasteiger partial charge is 0.172 e. The molecular weight excluding hydrogens is 838 g/mol. The molecule has 0 aliphatic heterocycles. The Balaban J connectivity index is 0.000000198. The first-order chi connectivity index (χ1) is 23.8. The summed E-state index contributed by atoms with van der Waals surface area (Å²) in [6, 6.07) is 51.6. The fraction of sp³-hybridized carbons (Fsp3) is 0.224. The zero-order chi connectivity index (χ0) is 35.6. The van der Waals surface area contributed by atoms with Crippen molar-refractivity contribution in [3.8, 4) is 11.1 Å². The van der Waals surface area contributed by atoms with Crippen molar-refractivity contribution in [1.29, 1.82) is 0 Å². The molecule has 0 radical (unpaired) electrons. The number of aryl methyl sites for hydroxylation is 2. The molecule has 0 N–H and O–H groups in total. The standard InChI is InChI=1S/C23H29.C21H14.C5H5.2ClH.Hf/c1-14-9-16-11-17-10-15(2)21(23(6,7)8)13-19(17)18(16)12-20(14)22(3,4)5;1-3-7-20-14-16(9-11-18(20)5-1)13-17-10-12-19-6-2-4-8-21(19)15-17;1-2-4-5-3-1;;;/h9,12-13H,11H2,1-8H3;1-12,14-15H;1-5H;2*1H;/q-1;;-1;;;+2/p-2. The third-order valence-electron chi connectivity index (χ3n) is 9.71. The number of halogens is 2. The van der Waals surface area contributed by atoms with Crippen LogP contribution in [0.15, 0.2) is 133 Å². The predicted molar refractivity (Wildman–Crippen MR) is 214 cm³/mol. The van der Waals surface area contributed by atoms with Gasteiger partial charge in [-0.1, -0.05) is 71.6 Å². The Hall–Kier alpha value is -3.49. The van der Waals surface area contributed by atoms with Crippen LogP contribution in [0.4, 0.5) is 0 Å². The largest absolute Gasteiger partial charge is 0.214 e. The summed E-state index contributed by atoms with van der Waals surface area (Å²) >= 11 is 1.03. The minimum atomic E-state index is 0. The van der Waals surface area contributed by atoms with Gasteiger partial charge < -0.3 is 24.8 Å². The third-order valence-corrected chi connectivity index (χ3v) is 11.8. The summed E-state index contributed by atoms with van der Waals surface area (Å²) in [6.07, 6.45) is 1.03. The van der Waals surface area contributed by atoms with Crippen LogP contribution in [0.3, 0.4) is 0 Å². The van der Waals surface area contributed by atoms with Gasteiger partial charge in [0.1, 0.15) is 0 Å². The van der Waals surface area contributed by atoms with Crippen molar-refractivity contribution < 1.29 is 48.7 Å². The van der Waals surface area contributed by atoms with Gasteiger partial charge in [-0.15, -0.1) is 16.7 Å². The van der Waals surface area contributed by atoms with Gasteiger partial charge in [0.25, 0.3) is 0 Å². The molecule has 0 saturated heterocycles. The van der Waals surface area contributed by atoms with Crippen LogP contribution in [-0.2, 0) is 41.1 Å². The van der Waals surface area contributed by atoms with E-state index in [1.807, 2.05) is 30.3 Å². The molecule has 3 heteroatoms. The summed E-state index contributed by atoms with van der Waals surface area (Å²) in [5.41, 5.74) is 14.3. The van der Waals surface area contributed by atoms with Crippen LogP contribution in [0, 0.1) is 19.9 Å². The van der Waals surface area contributed by atoms with E-state index in [2.05, 4.69) is 165 Å². The van der Waals surface area contributed by atoms with E-state index in [-0.39, 0.29) is 35.6 Å². The molecule has 0 atom stereocenters. The van der Waals surface area contributed by atoms with E-state index in [1.54, 1.807) is 0 Å². The molecule has 7 aromatic carbocycles. The molecule has 7 aromatic rings. The molecule has 0 unspecified atom stereocenters. The van der Waals surface area contributed by atoms with Gasteiger partial charge >= 0.3 is 145 Å². The van der Waals surface area contributed by atoms with Gasteiger partial charge in [-0.2, -0.15) is 35.9 Å². The maximum Gasteiger partial charge on any atom is -0.172 e. The van der Waals surface area contributed by atoms with Gasteiger partial charge in [-0.3, -0.25) is 0 Å². The average molecular weight is 886 g/mol. The van der Waals surface area contributed by atoms with Crippen LogP contribution >= 0.6 is 0 Å². The molecule has 264 valence electrons. The number of fused-ring (bicyclic) bond motifs is 5. The molecule has 0 amide bonds. The Kier molecular flexibility index (Phi) is 13.6. The van der Waals surface area contributed by atoms with Crippen molar-refractivity contribution in [2.45, 2.75) is 72.6 Å². The van der Waals surface area contributed by atoms with Gasteiger partial charge in [-0.25, -0.2) is 12.1 Å². The number of hydrogen-bond acceptors (Lipinski definition) is 0. The van der Waals surface area contributed by atoms with Crippen LogP contribution in [0.5, 0.6) is 0 Å². The van der Waals surface area contributed by atoms with E-state index >= 15 is 0 Å². The van der Waals surface area contributed by atoms with Crippen LogP contribution in [0.25, 0.3) is 32.7 Å². The minimum Gasteiger partial charge on any atom is -0.214 e. The van der Waals surface area contributed by atoms with Crippen LogP contribution in [-0.4, -0.2) is 3.26 Å². The van der Waals surface area contributed by atoms with Crippen molar-refractivity contribution in [3.63, 3.8) is 0 Å². The second kappa shape index (κ2) is 17.1. The fourth-order valence-corrected chi connectivity index (χ4v) is 8.32. The Morgan fingerprint density at radius 2 is 1.06 bits per heavy atom. The second-order valence-electron chi connectivity index (χ2n) is 15.7. The zero-order valence-corrected chi connectivity index (χ0v) is 36.8. The van der Waals surface area contributed by atoms with E-state index in [1.165, 1.54) is 80.4 Å². The Morgan fingerprint density at radius 1 is 0.577 bits per heavy atom. The molecule has 0 fully saturated rings. The molecule has 8 rings (SSSR count). The Labute approximate surface area is 338 Å². The molecule has 0 nitrogen and oxygen atoms in total. The SMILES string of the molecule is Cc1[c-]c2c(cc1C(C)(C)C)-c1cc(C(C)(C)C)c(C)cc1C2.[Cl-].[Cl-].[Hf+2]=[C](c1ccc2ccccc2c1)c1ccc2ccccc2c1.c1cc[cH-]c1. The molecule has 0 aromatic heterocycles. The van der Waals surface area contributed by atoms with Gasteiger partial charge in [0, 0.05) is 0 Å². The molecule has 0 bridgehead atoms. The maximum atomic E-state index is 3.69. The monoisotopic (exact) mass is 886 g/mol. The van der Waals surface area contributed by atoms with E-state index in [9.17, 15) is 0 Å². The van der Waals surface area contributed by atoms with Gasteiger partial charge in [0.15, 0.2) is 0 Å². The third kappa shape index (κ3) is 9.35. The topological polar surface area (TPSA) is 0 Å². The maximum absolute atomic E-state index is 3.69. The molecule has 1 aliphatic carbocycles. The minimum absolute atomic E-state index is 0. The van der Waals surface area contributed by atoms with Crippen molar-refractivity contribution >= 4 is 24.8 Å². The summed E-state index contributed by atoms with van der Waals surface area (Å²) in [4.78, 5) is 0. The van der Waals surface area contributed by atoms with Gasteiger partial charge in [0.05, 0.1) is 0 Å². The van der Waals surface area contributed by atoms with E-state index in [0.717, 1.165) is 30.3 Å². The number of benzene rings is 6. The quantitative estimate of drug-likeness (QED) is 0.133. The van der Waals surface area contributed by atoms with Crippen molar-refractivity contribution in [2.75, 3.05) is 0 Å². The summed E-state index contributed by atoms with van der Waals surface area (Å²) in [7, 11) is 0. The van der Waals surface area contributed by atoms with E-state index < -0.39 is 0 Å². The molecule has 1 aliphatic rings. The van der Waals surface area contributed by atoms with Gasteiger partial charge in [-0.05, 0) is 35.4 Å². The van der Waals surface area contributed by atoms with Crippen LogP contribution < -0.4 is 24.8 Å². The predicted octanol–water partition coefficient (Wildman–Crippen LogP) is 6.79. The van der Waals surface area contributed by atoms with E-state index in [0.29, 0.717) is 0 Å². The van der Waals surface area contributed by atoms with Crippen molar-refractivity contribution in [1.82, 2.24) is 0 Å². The molecule has 0 heterocycles. The summed E-state index contributed by atoms with van der Waals surface area (Å²) < 4.78 is 1.46. The number of rotatable bonds is 2. The normalized spacial score (nSPS) is 11.6. The molecule has 0 spiro atoms. The summed E-state index contributed by atoms with van der Waals surface area (Å²) in [5.74, 6) is 0. The summed E-state index contributed by atoms with van der Waals surface area (Å²) in [6.45, 7) is 18.2. The molecular formula is C49H48Cl2Hf-2. The van der Waals surface area contributed by atoms with Crippen molar-refractivity contribution in [3.05, 3.63) is 184 Å². The second-order valence-corrected chi connectivity index (χ2v) is 17.5. The van der Waals surface area contributed by atoms with Crippen LogP contribution in [0.2, 0.25) is 0 Å². The van der Waals surface area contributed by atoms with Gasteiger partial charge in [0.2, 0.25) is 0 Å². The first kappa shape index (κ1) is 41.3. The molecule has 52 heavy (non-hydrogen) atoms. The average Bonchev–Trinajstić information content (AvgIpc) is 3.78. The molecule has 0 saturated carbocycles. The fourth-order valence-electron chi connectivity index (χ4n) is 7.20. The van der Waals surface area contributed by atoms with E-state index in [4.69, 9.17) is 0 Å². The summed E-state index contributed by atoms with van der Waals surface area (Å²) in [5, 5.41) is 5.24.